The zero-order valence-corrected chi connectivity index (χ0v) is 24.6. The van der Waals surface area contributed by atoms with Gasteiger partial charge in [0, 0.05) is 18.6 Å². The van der Waals surface area contributed by atoms with E-state index in [1.165, 1.54) is 37.7 Å². The lowest BCUT2D eigenvalue weighted by atomic mass is 9.85. The number of fused-ring (bicyclic) bond motifs is 1. The molecule has 2 heterocycles. The first-order valence-corrected chi connectivity index (χ1v) is 15.9. The third kappa shape index (κ3) is 6.29. The molecule has 0 bridgehead atoms. The van der Waals surface area contributed by atoms with Crippen molar-refractivity contribution in [1.29, 1.82) is 0 Å². The van der Waals surface area contributed by atoms with Crippen LogP contribution in [0.3, 0.4) is 0 Å². The lowest BCUT2D eigenvalue weighted by Gasteiger charge is -2.39. The summed E-state index contributed by atoms with van der Waals surface area (Å²) >= 11 is 6.37. The van der Waals surface area contributed by atoms with Gasteiger partial charge >= 0.3 is 10.5 Å². The molecule has 208 valence electrons. The number of hydrogen-bond acceptors (Lipinski definition) is 10. The molecule has 2 N–H and O–H groups in total. The first kappa shape index (κ1) is 28.7. The normalized spacial score (nSPS) is 14.5. The minimum atomic E-state index is -5.25. The maximum absolute atomic E-state index is 13.0. The molecular formula is C25H28ClFN5O5PS. The molecule has 1 aliphatic heterocycles. The standard InChI is InChI=1S/C25H28ClFN5O5PS/c1-25(2)17-13-20(21(36-4)11-15(17)9-10-32(25)3)30-24-28-14-18(26)23(31-24)29-19-8-7-16(37-39(27,34)35)12-22(19)38(5,6)33/h7-14H,1-6H3,(H2,28,29,30,31). The summed E-state index contributed by atoms with van der Waals surface area (Å²) in [5.74, 6) is 0.667. The Balaban J connectivity index is 1.70. The van der Waals surface area contributed by atoms with Crippen LogP contribution in [-0.4, -0.2) is 50.8 Å². The van der Waals surface area contributed by atoms with Gasteiger partial charge in [-0.05, 0) is 74.7 Å². The Morgan fingerprint density at radius 2 is 1.85 bits per heavy atom. The van der Waals surface area contributed by atoms with E-state index in [1.807, 2.05) is 31.5 Å². The predicted octanol–water partition coefficient (Wildman–Crippen LogP) is 5.62. The number of anilines is 4. The number of nitrogens with zero attached hydrogens (tertiary/aromatic N) is 3. The smallest absolute Gasteiger partial charge is 0.488 e. The molecule has 2 aromatic carbocycles. The highest BCUT2D eigenvalue weighted by atomic mass is 35.5. The highest BCUT2D eigenvalue weighted by molar-refractivity contribution is 7.81. The van der Waals surface area contributed by atoms with Crippen LogP contribution in [0.2, 0.25) is 5.02 Å². The predicted molar refractivity (Wildman–Crippen MR) is 153 cm³/mol. The second-order valence-electron chi connectivity index (χ2n) is 9.77. The Hall–Kier alpha value is -3.34. The summed E-state index contributed by atoms with van der Waals surface area (Å²) < 4.78 is 57.8. The van der Waals surface area contributed by atoms with Gasteiger partial charge in [-0.1, -0.05) is 15.5 Å². The van der Waals surface area contributed by atoms with Gasteiger partial charge in [0.15, 0.2) is 5.82 Å². The molecule has 0 saturated carbocycles. The topological polar surface area (TPSA) is 123 Å². The van der Waals surface area contributed by atoms with Crippen LogP contribution in [0.4, 0.5) is 27.0 Å². The van der Waals surface area contributed by atoms with Gasteiger partial charge in [-0.15, -0.1) is 0 Å². The molecule has 1 aromatic heterocycles. The van der Waals surface area contributed by atoms with Crippen molar-refractivity contribution in [2.75, 3.05) is 38.1 Å². The first-order valence-electron chi connectivity index (χ1n) is 11.6. The van der Waals surface area contributed by atoms with Gasteiger partial charge in [0.05, 0.1) is 30.2 Å². The van der Waals surface area contributed by atoms with Gasteiger partial charge in [-0.25, -0.2) is 4.98 Å². The Kier molecular flexibility index (Phi) is 7.59. The minimum Gasteiger partial charge on any atom is -0.495 e. The molecule has 0 saturated heterocycles. The van der Waals surface area contributed by atoms with E-state index in [-0.39, 0.29) is 33.4 Å². The number of nitrogens with one attached hydrogen (secondary N) is 2. The van der Waals surface area contributed by atoms with E-state index < -0.39 is 17.6 Å². The molecule has 0 unspecified atom stereocenters. The number of methoxy groups -OCH3 is 1. The van der Waals surface area contributed by atoms with E-state index in [0.717, 1.165) is 11.1 Å². The molecule has 0 spiro atoms. The molecule has 4 rings (SSSR count). The number of ether oxygens (including phenoxy) is 1. The Bertz CT molecular complexity index is 1630. The van der Waals surface area contributed by atoms with Crippen molar-refractivity contribution < 1.29 is 25.8 Å². The fourth-order valence-corrected chi connectivity index (χ4v) is 5.71. The third-order valence-electron chi connectivity index (χ3n) is 6.38. The molecule has 0 atom stereocenters. The van der Waals surface area contributed by atoms with Gasteiger partial charge in [-0.2, -0.15) is 13.4 Å². The molecule has 0 aliphatic carbocycles. The number of halogens is 2. The average molecular weight is 596 g/mol. The monoisotopic (exact) mass is 595 g/mol. The number of benzene rings is 2. The molecule has 3 aromatic rings. The largest absolute Gasteiger partial charge is 0.495 e. The highest BCUT2D eigenvalue weighted by Crippen LogP contribution is 2.42. The number of rotatable bonds is 8. The molecule has 1 aliphatic rings. The van der Waals surface area contributed by atoms with Crippen LogP contribution in [-0.2, 0) is 20.6 Å². The zero-order chi connectivity index (χ0) is 28.8. The summed E-state index contributed by atoms with van der Waals surface area (Å²) in [5, 5.41) is 6.59. The van der Waals surface area contributed by atoms with Crippen LogP contribution in [0.1, 0.15) is 25.0 Å². The van der Waals surface area contributed by atoms with Crippen LogP contribution >= 0.6 is 18.7 Å². The Morgan fingerprint density at radius 3 is 2.49 bits per heavy atom. The summed E-state index contributed by atoms with van der Waals surface area (Å²) in [4.78, 5) is 10.9. The maximum atomic E-state index is 13.0. The molecule has 39 heavy (non-hydrogen) atoms. The van der Waals surface area contributed by atoms with Gasteiger partial charge in [0.25, 0.3) is 0 Å². The Morgan fingerprint density at radius 1 is 1.13 bits per heavy atom. The van der Waals surface area contributed by atoms with E-state index in [0.29, 0.717) is 17.1 Å². The van der Waals surface area contributed by atoms with E-state index >= 15 is 0 Å². The minimum absolute atomic E-state index is 0.172. The van der Waals surface area contributed by atoms with Crippen molar-refractivity contribution in [3.05, 3.63) is 58.9 Å². The van der Waals surface area contributed by atoms with E-state index in [2.05, 4.69) is 43.5 Å². The highest BCUT2D eigenvalue weighted by Gasteiger charge is 2.30. The molecule has 14 heteroatoms. The third-order valence-corrected chi connectivity index (χ3v) is 8.58. The van der Waals surface area contributed by atoms with Gasteiger partial charge in [0.2, 0.25) is 5.95 Å². The quantitative estimate of drug-likeness (QED) is 0.251. The van der Waals surface area contributed by atoms with Crippen molar-refractivity contribution in [2.24, 2.45) is 0 Å². The van der Waals surface area contributed by atoms with E-state index in [9.17, 15) is 16.9 Å². The average Bonchev–Trinajstić information content (AvgIpc) is 2.83. The van der Waals surface area contributed by atoms with Crippen molar-refractivity contribution in [3.63, 3.8) is 0 Å². The fraction of sp³-hybridized carbons (Fsp3) is 0.280. The molecule has 0 fully saturated rings. The summed E-state index contributed by atoms with van der Waals surface area (Å²) in [6.07, 6.45) is 5.43. The SMILES string of the molecule is COc1cc2c(cc1Nc1ncc(Cl)c(Nc3ccc(OS(=O)(=O)F)cc3P(C)(C)=O)n1)C(C)(C)N(C)C=C2. The van der Waals surface area contributed by atoms with Gasteiger partial charge < -0.3 is 29.0 Å². The van der Waals surface area contributed by atoms with Gasteiger partial charge in [0.1, 0.15) is 23.7 Å². The van der Waals surface area contributed by atoms with Crippen LogP contribution in [0.5, 0.6) is 11.5 Å². The molecular weight excluding hydrogens is 568 g/mol. The lowest BCUT2D eigenvalue weighted by Crippen LogP contribution is -2.37. The van der Waals surface area contributed by atoms with Crippen molar-refractivity contribution >= 4 is 63.8 Å². The number of aromatic nitrogens is 2. The summed E-state index contributed by atoms with van der Waals surface area (Å²) in [6, 6.07) is 7.74. The zero-order valence-electron chi connectivity index (χ0n) is 22.1. The summed E-state index contributed by atoms with van der Waals surface area (Å²) in [6.45, 7) is 7.19. The summed E-state index contributed by atoms with van der Waals surface area (Å²) in [7, 11) is -4.67. The van der Waals surface area contributed by atoms with E-state index in [4.69, 9.17) is 16.3 Å². The molecule has 0 radical (unpaired) electrons. The molecule has 10 nitrogen and oxygen atoms in total. The fourth-order valence-electron chi connectivity index (χ4n) is 4.09. The van der Waals surface area contributed by atoms with Crippen LogP contribution in [0.25, 0.3) is 6.08 Å². The summed E-state index contributed by atoms with van der Waals surface area (Å²) in [5.41, 5.74) is 2.79. The first-order chi connectivity index (χ1) is 18.1. The maximum Gasteiger partial charge on any atom is 0.488 e. The van der Waals surface area contributed by atoms with Crippen LogP contribution in [0.15, 0.2) is 42.7 Å². The van der Waals surface area contributed by atoms with Crippen LogP contribution < -0.4 is 24.9 Å². The number of hydrogen-bond donors (Lipinski definition) is 2. The van der Waals surface area contributed by atoms with E-state index in [1.54, 1.807) is 7.11 Å². The second kappa shape index (κ2) is 10.3. The van der Waals surface area contributed by atoms with Crippen molar-refractivity contribution in [2.45, 2.75) is 19.4 Å². The van der Waals surface area contributed by atoms with Crippen LogP contribution in [0, 0.1) is 0 Å². The van der Waals surface area contributed by atoms with Crippen molar-refractivity contribution in [1.82, 2.24) is 14.9 Å². The van der Waals surface area contributed by atoms with Gasteiger partial charge in [-0.3, -0.25) is 0 Å². The Labute approximate surface area is 232 Å². The molecule has 0 amide bonds. The van der Waals surface area contributed by atoms with Crippen molar-refractivity contribution in [3.8, 4) is 11.5 Å². The lowest BCUT2D eigenvalue weighted by molar-refractivity contribution is 0.225. The second-order valence-corrected chi connectivity index (χ2v) is 14.3.